The second-order valence-corrected chi connectivity index (χ2v) is 7.32. The van der Waals surface area contributed by atoms with Crippen molar-refractivity contribution in [3.63, 3.8) is 0 Å². The fourth-order valence-corrected chi connectivity index (χ4v) is 3.93. The van der Waals surface area contributed by atoms with Crippen LogP contribution in [0, 0.1) is 13.8 Å². The number of aromatic nitrogens is 5. The van der Waals surface area contributed by atoms with Gasteiger partial charge in [-0.15, -0.1) is 0 Å². The van der Waals surface area contributed by atoms with Crippen molar-refractivity contribution in [1.29, 1.82) is 0 Å². The summed E-state index contributed by atoms with van der Waals surface area (Å²) >= 11 is 0. The summed E-state index contributed by atoms with van der Waals surface area (Å²) in [4.78, 5) is 14.2. The molecular formula is C21H22N6. The Bertz CT molecular complexity index is 1140. The van der Waals surface area contributed by atoms with Gasteiger partial charge in [0.05, 0.1) is 39.8 Å². The molecule has 5 rings (SSSR count). The largest absolute Gasteiger partial charge is 0.317 e. The van der Waals surface area contributed by atoms with Crippen LogP contribution in [0.3, 0.4) is 0 Å². The Morgan fingerprint density at radius 3 is 2.56 bits per heavy atom. The van der Waals surface area contributed by atoms with Crippen LogP contribution in [-0.2, 0) is 0 Å². The smallest absolute Gasteiger partial charge is 0.112 e. The number of pyridine rings is 2. The number of nitrogens with one attached hydrogen (secondary N) is 1. The maximum Gasteiger partial charge on any atom is 0.112 e. The van der Waals surface area contributed by atoms with Crippen molar-refractivity contribution in [2.24, 2.45) is 0 Å². The van der Waals surface area contributed by atoms with E-state index < -0.39 is 0 Å². The Balaban J connectivity index is 1.53. The van der Waals surface area contributed by atoms with E-state index in [0.717, 1.165) is 65.3 Å². The molecule has 0 aliphatic carbocycles. The summed E-state index contributed by atoms with van der Waals surface area (Å²) in [6.45, 7) is 6.13. The van der Waals surface area contributed by atoms with E-state index in [1.807, 2.05) is 36.7 Å². The summed E-state index contributed by atoms with van der Waals surface area (Å²) in [5.74, 6) is 0.549. The number of aryl methyl sites for hydroxylation is 2. The third-order valence-corrected chi connectivity index (χ3v) is 5.34. The predicted molar refractivity (Wildman–Crippen MR) is 106 cm³/mol. The minimum atomic E-state index is 0.549. The van der Waals surface area contributed by atoms with Crippen molar-refractivity contribution in [2.45, 2.75) is 32.6 Å². The molecule has 6 nitrogen and oxygen atoms in total. The van der Waals surface area contributed by atoms with Crippen molar-refractivity contribution in [3.8, 4) is 11.4 Å². The molecule has 27 heavy (non-hydrogen) atoms. The minimum Gasteiger partial charge on any atom is -0.317 e. The summed E-state index contributed by atoms with van der Waals surface area (Å²) in [5, 5.41) is 8.10. The molecule has 0 unspecified atom stereocenters. The molecule has 1 fully saturated rings. The van der Waals surface area contributed by atoms with Gasteiger partial charge in [-0.1, -0.05) is 0 Å². The maximum absolute atomic E-state index is 4.88. The molecule has 0 atom stereocenters. The summed E-state index contributed by atoms with van der Waals surface area (Å²) in [7, 11) is 0. The van der Waals surface area contributed by atoms with Crippen molar-refractivity contribution in [3.05, 3.63) is 53.6 Å². The first-order valence-corrected chi connectivity index (χ1v) is 9.50. The van der Waals surface area contributed by atoms with Crippen LogP contribution in [0.1, 0.15) is 35.8 Å². The first-order chi connectivity index (χ1) is 13.2. The topological polar surface area (TPSA) is 68.0 Å². The van der Waals surface area contributed by atoms with Crippen LogP contribution in [0.15, 0.2) is 36.5 Å². The first kappa shape index (κ1) is 16.3. The second-order valence-electron chi connectivity index (χ2n) is 7.32. The lowest BCUT2D eigenvalue weighted by atomic mass is 9.94. The van der Waals surface area contributed by atoms with E-state index in [1.54, 1.807) is 0 Å². The number of piperidine rings is 1. The van der Waals surface area contributed by atoms with Gasteiger partial charge in [-0.05, 0) is 70.1 Å². The molecule has 0 spiro atoms. The third-order valence-electron chi connectivity index (χ3n) is 5.34. The zero-order valence-corrected chi connectivity index (χ0v) is 15.6. The zero-order chi connectivity index (χ0) is 18.4. The molecule has 4 aromatic heterocycles. The normalized spacial score (nSPS) is 15.6. The second kappa shape index (κ2) is 6.39. The molecule has 4 aromatic rings. The fourth-order valence-electron chi connectivity index (χ4n) is 3.93. The van der Waals surface area contributed by atoms with Crippen LogP contribution in [0.25, 0.3) is 27.9 Å². The van der Waals surface area contributed by atoms with Gasteiger partial charge in [0.1, 0.15) is 5.69 Å². The van der Waals surface area contributed by atoms with Crippen molar-refractivity contribution in [2.75, 3.05) is 13.1 Å². The molecular weight excluding hydrogens is 336 g/mol. The highest BCUT2D eigenvalue weighted by molar-refractivity contribution is 5.78. The van der Waals surface area contributed by atoms with Crippen molar-refractivity contribution in [1.82, 2.24) is 29.9 Å². The third kappa shape index (κ3) is 2.96. The predicted octanol–water partition coefficient (Wildman–Crippen LogP) is 3.42. The molecule has 136 valence electrons. The van der Waals surface area contributed by atoms with Gasteiger partial charge in [-0.25, -0.2) is 9.50 Å². The number of nitrogens with zero attached hydrogens (tertiary/aromatic N) is 5. The van der Waals surface area contributed by atoms with Crippen LogP contribution >= 0.6 is 0 Å². The number of hydrogen-bond donors (Lipinski definition) is 1. The van der Waals surface area contributed by atoms with E-state index >= 15 is 0 Å². The molecule has 0 radical (unpaired) electrons. The van der Waals surface area contributed by atoms with Gasteiger partial charge in [0, 0.05) is 11.6 Å². The SMILES string of the molecule is Cc1cn2nc(-c3ccc4nc(C5CCNCC5)ccc4n3)cc2c(C)n1. The molecule has 5 heterocycles. The van der Waals surface area contributed by atoms with E-state index in [4.69, 9.17) is 9.97 Å². The summed E-state index contributed by atoms with van der Waals surface area (Å²) in [5.41, 5.74) is 7.70. The van der Waals surface area contributed by atoms with Gasteiger partial charge in [0.2, 0.25) is 0 Å². The van der Waals surface area contributed by atoms with Crippen molar-refractivity contribution >= 4 is 16.6 Å². The highest BCUT2D eigenvalue weighted by Crippen LogP contribution is 2.26. The monoisotopic (exact) mass is 358 g/mol. The molecule has 1 saturated heterocycles. The van der Waals surface area contributed by atoms with Crippen LogP contribution < -0.4 is 5.32 Å². The standard InChI is InChI=1S/C21H22N6/c1-13-12-27-21(14(2)23-13)11-20(26-27)19-6-5-17-18(25-19)4-3-16(24-17)15-7-9-22-10-8-15/h3-6,11-12,15,22H,7-10H2,1-2H3. The van der Waals surface area contributed by atoms with Crippen LogP contribution in [-0.4, -0.2) is 37.7 Å². The van der Waals surface area contributed by atoms with Crippen molar-refractivity contribution < 1.29 is 0 Å². The maximum atomic E-state index is 4.88. The van der Waals surface area contributed by atoms with Gasteiger partial charge in [-0.3, -0.25) is 9.97 Å². The number of fused-ring (bicyclic) bond motifs is 2. The van der Waals surface area contributed by atoms with Gasteiger partial charge in [0.25, 0.3) is 0 Å². The zero-order valence-electron chi connectivity index (χ0n) is 15.6. The lowest BCUT2D eigenvalue weighted by Crippen LogP contribution is -2.27. The summed E-state index contributed by atoms with van der Waals surface area (Å²) in [6, 6.07) is 10.3. The highest BCUT2D eigenvalue weighted by atomic mass is 15.2. The molecule has 6 heteroatoms. The summed E-state index contributed by atoms with van der Waals surface area (Å²) in [6.07, 6.45) is 4.25. The summed E-state index contributed by atoms with van der Waals surface area (Å²) < 4.78 is 1.89. The van der Waals surface area contributed by atoms with Gasteiger partial charge < -0.3 is 5.32 Å². The Morgan fingerprint density at radius 2 is 1.70 bits per heavy atom. The van der Waals surface area contributed by atoms with E-state index in [2.05, 4.69) is 33.6 Å². The molecule has 1 aliphatic rings. The average Bonchev–Trinajstić information content (AvgIpc) is 3.12. The van der Waals surface area contributed by atoms with E-state index in [9.17, 15) is 0 Å². The lowest BCUT2D eigenvalue weighted by Gasteiger charge is -2.22. The van der Waals surface area contributed by atoms with Gasteiger partial charge in [-0.2, -0.15) is 5.10 Å². The first-order valence-electron chi connectivity index (χ1n) is 9.50. The van der Waals surface area contributed by atoms with Crippen LogP contribution in [0.5, 0.6) is 0 Å². The van der Waals surface area contributed by atoms with E-state index in [-0.39, 0.29) is 0 Å². The number of rotatable bonds is 2. The lowest BCUT2D eigenvalue weighted by molar-refractivity contribution is 0.454. The van der Waals surface area contributed by atoms with Gasteiger partial charge in [0.15, 0.2) is 0 Å². The average molecular weight is 358 g/mol. The Labute approximate surface area is 157 Å². The highest BCUT2D eigenvalue weighted by Gasteiger charge is 2.17. The number of hydrogen-bond acceptors (Lipinski definition) is 5. The molecule has 1 N–H and O–H groups in total. The molecule has 1 aliphatic heterocycles. The minimum absolute atomic E-state index is 0.549. The van der Waals surface area contributed by atoms with Crippen LogP contribution in [0.2, 0.25) is 0 Å². The van der Waals surface area contributed by atoms with Gasteiger partial charge >= 0.3 is 0 Å². The molecule has 0 bridgehead atoms. The molecule has 0 amide bonds. The van der Waals surface area contributed by atoms with E-state index in [0.29, 0.717) is 5.92 Å². The molecule has 0 aromatic carbocycles. The van der Waals surface area contributed by atoms with E-state index in [1.165, 1.54) is 5.69 Å². The Kier molecular flexibility index (Phi) is 3.86. The van der Waals surface area contributed by atoms with Crippen LogP contribution in [0.4, 0.5) is 0 Å². The Morgan fingerprint density at radius 1 is 0.926 bits per heavy atom. The molecule has 0 saturated carbocycles. The fraction of sp³-hybridized carbons (Fsp3) is 0.333. The quantitative estimate of drug-likeness (QED) is 0.595. The Hall–Kier alpha value is -2.86.